The van der Waals surface area contributed by atoms with E-state index in [1.54, 1.807) is 13.3 Å². The lowest BCUT2D eigenvalue weighted by molar-refractivity contribution is 0.0949. The van der Waals surface area contributed by atoms with Crippen molar-refractivity contribution in [3.05, 3.63) is 47.9 Å². The molecule has 0 radical (unpaired) electrons. The molecule has 0 fully saturated rings. The third-order valence-electron chi connectivity index (χ3n) is 3.83. The topological polar surface area (TPSA) is 76.1 Å². The van der Waals surface area contributed by atoms with Gasteiger partial charge < -0.3 is 15.4 Å². The molecule has 0 saturated heterocycles. The molecule has 2 N–H and O–H groups in total. The standard InChI is InChI=1S/C19H26N4O2/c1-3-4-5-11-20-18-14-22-17(13-23-18)19(24)21-12-10-15-6-8-16(25-2)9-7-15/h6-9,13-14H,3-5,10-12H2,1-2H3,(H,20,23)(H,21,24). The lowest BCUT2D eigenvalue weighted by Crippen LogP contribution is -2.26. The van der Waals surface area contributed by atoms with Crippen LogP contribution in [-0.2, 0) is 6.42 Å². The quantitative estimate of drug-likeness (QED) is 0.649. The number of benzene rings is 1. The molecule has 25 heavy (non-hydrogen) atoms. The van der Waals surface area contributed by atoms with Crippen LogP contribution in [0.2, 0.25) is 0 Å². The molecule has 1 amide bonds. The van der Waals surface area contributed by atoms with Crippen molar-refractivity contribution in [2.24, 2.45) is 0 Å². The minimum atomic E-state index is -0.210. The van der Waals surface area contributed by atoms with E-state index in [1.807, 2.05) is 24.3 Å². The highest BCUT2D eigenvalue weighted by molar-refractivity contribution is 5.91. The van der Waals surface area contributed by atoms with Gasteiger partial charge in [0.05, 0.1) is 19.5 Å². The molecule has 6 nitrogen and oxygen atoms in total. The van der Waals surface area contributed by atoms with Crippen LogP contribution in [0, 0.1) is 0 Å². The van der Waals surface area contributed by atoms with E-state index in [-0.39, 0.29) is 5.91 Å². The first kappa shape index (κ1) is 18.7. The van der Waals surface area contributed by atoms with E-state index >= 15 is 0 Å². The second-order valence-corrected chi connectivity index (χ2v) is 5.77. The first-order valence-electron chi connectivity index (χ1n) is 8.70. The van der Waals surface area contributed by atoms with Gasteiger partial charge in [-0.15, -0.1) is 0 Å². The van der Waals surface area contributed by atoms with Crippen molar-refractivity contribution in [3.63, 3.8) is 0 Å². The number of rotatable bonds is 10. The maximum Gasteiger partial charge on any atom is 0.271 e. The normalized spacial score (nSPS) is 10.3. The van der Waals surface area contributed by atoms with E-state index in [0.29, 0.717) is 18.1 Å². The number of hydrogen-bond acceptors (Lipinski definition) is 5. The van der Waals surface area contributed by atoms with Crippen LogP contribution in [0.15, 0.2) is 36.7 Å². The van der Waals surface area contributed by atoms with Crippen molar-refractivity contribution in [1.29, 1.82) is 0 Å². The summed E-state index contributed by atoms with van der Waals surface area (Å²) in [5, 5.41) is 6.07. The predicted molar refractivity (Wildman–Crippen MR) is 99.1 cm³/mol. The van der Waals surface area contributed by atoms with Crippen LogP contribution >= 0.6 is 0 Å². The van der Waals surface area contributed by atoms with Gasteiger partial charge in [0.25, 0.3) is 5.91 Å². The molecule has 0 aliphatic heterocycles. The summed E-state index contributed by atoms with van der Waals surface area (Å²) in [6, 6.07) is 7.80. The Morgan fingerprint density at radius 3 is 2.52 bits per heavy atom. The number of nitrogens with one attached hydrogen (secondary N) is 2. The van der Waals surface area contributed by atoms with Crippen LogP contribution in [0.5, 0.6) is 5.75 Å². The van der Waals surface area contributed by atoms with Gasteiger partial charge in [-0.3, -0.25) is 4.79 Å². The second kappa shape index (κ2) is 10.3. The fourth-order valence-corrected chi connectivity index (χ4v) is 2.33. The van der Waals surface area contributed by atoms with Crippen molar-refractivity contribution in [3.8, 4) is 5.75 Å². The summed E-state index contributed by atoms with van der Waals surface area (Å²) < 4.78 is 5.13. The number of unbranched alkanes of at least 4 members (excludes halogenated alkanes) is 2. The Labute approximate surface area is 149 Å². The largest absolute Gasteiger partial charge is 0.497 e. The van der Waals surface area contributed by atoms with Gasteiger partial charge >= 0.3 is 0 Å². The summed E-state index contributed by atoms with van der Waals surface area (Å²) in [4.78, 5) is 20.5. The lowest BCUT2D eigenvalue weighted by atomic mass is 10.1. The summed E-state index contributed by atoms with van der Waals surface area (Å²) in [5.74, 6) is 1.32. The Morgan fingerprint density at radius 2 is 1.88 bits per heavy atom. The Bertz CT molecular complexity index is 641. The molecule has 134 valence electrons. The molecule has 1 aromatic heterocycles. The third-order valence-corrected chi connectivity index (χ3v) is 3.83. The number of carbonyl (C=O) groups excluding carboxylic acids is 1. The zero-order valence-corrected chi connectivity index (χ0v) is 14.9. The fourth-order valence-electron chi connectivity index (χ4n) is 2.33. The van der Waals surface area contributed by atoms with Gasteiger partial charge in [-0.05, 0) is 30.5 Å². The highest BCUT2D eigenvalue weighted by atomic mass is 16.5. The van der Waals surface area contributed by atoms with Crippen LogP contribution in [0.4, 0.5) is 5.82 Å². The Hall–Kier alpha value is -2.63. The van der Waals surface area contributed by atoms with Crippen molar-refractivity contribution < 1.29 is 9.53 Å². The second-order valence-electron chi connectivity index (χ2n) is 5.77. The smallest absolute Gasteiger partial charge is 0.271 e. The number of ether oxygens (including phenoxy) is 1. The van der Waals surface area contributed by atoms with Gasteiger partial charge in [0.2, 0.25) is 0 Å². The van der Waals surface area contributed by atoms with Crippen molar-refractivity contribution in [2.45, 2.75) is 32.6 Å². The number of aromatic nitrogens is 2. The zero-order chi connectivity index (χ0) is 17.9. The molecule has 2 aromatic rings. The number of anilines is 1. The minimum absolute atomic E-state index is 0.210. The van der Waals surface area contributed by atoms with Gasteiger partial charge in [0, 0.05) is 13.1 Å². The highest BCUT2D eigenvalue weighted by Crippen LogP contribution is 2.11. The number of nitrogens with zero attached hydrogens (tertiary/aromatic N) is 2. The molecule has 0 spiro atoms. The number of amides is 1. The first-order valence-corrected chi connectivity index (χ1v) is 8.70. The maximum absolute atomic E-state index is 12.1. The molecule has 0 bridgehead atoms. The Balaban J connectivity index is 1.74. The Morgan fingerprint density at radius 1 is 1.08 bits per heavy atom. The van der Waals surface area contributed by atoms with Gasteiger partial charge in [-0.25, -0.2) is 9.97 Å². The van der Waals surface area contributed by atoms with Gasteiger partial charge in [0.1, 0.15) is 17.3 Å². The molecule has 1 aromatic carbocycles. The van der Waals surface area contributed by atoms with E-state index in [9.17, 15) is 4.79 Å². The average Bonchev–Trinajstić information content (AvgIpc) is 2.66. The zero-order valence-electron chi connectivity index (χ0n) is 14.9. The van der Waals surface area contributed by atoms with Crippen LogP contribution in [0.1, 0.15) is 42.2 Å². The summed E-state index contributed by atoms with van der Waals surface area (Å²) in [6.45, 7) is 3.58. The highest BCUT2D eigenvalue weighted by Gasteiger charge is 2.07. The molecule has 0 saturated carbocycles. The number of carbonyl (C=O) groups is 1. The summed E-state index contributed by atoms with van der Waals surface area (Å²) in [5.41, 5.74) is 1.47. The molecule has 0 unspecified atom stereocenters. The molecule has 0 aliphatic carbocycles. The molecular weight excluding hydrogens is 316 g/mol. The third kappa shape index (κ3) is 6.41. The first-order chi connectivity index (χ1) is 12.2. The fraction of sp³-hybridized carbons (Fsp3) is 0.421. The van der Waals surface area contributed by atoms with E-state index in [4.69, 9.17) is 4.74 Å². The number of hydrogen-bond donors (Lipinski definition) is 2. The monoisotopic (exact) mass is 342 g/mol. The predicted octanol–water partition coefficient (Wildman–Crippen LogP) is 3.06. The van der Waals surface area contributed by atoms with Crippen molar-refractivity contribution >= 4 is 11.7 Å². The number of methoxy groups -OCH3 is 1. The van der Waals surface area contributed by atoms with Gasteiger partial charge in [-0.2, -0.15) is 0 Å². The van der Waals surface area contributed by atoms with E-state index in [2.05, 4.69) is 27.5 Å². The summed E-state index contributed by atoms with van der Waals surface area (Å²) in [7, 11) is 1.64. The molecule has 6 heteroatoms. The van der Waals surface area contributed by atoms with Crippen LogP contribution < -0.4 is 15.4 Å². The molecular formula is C19H26N4O2. The van der Waals surface area contributed by atoms with E-state index < -0.39 is 0 Å². The molecule has 0 aliphatic rings. The summed E-state index contributed by atoms with van der Waals surface area (Å²) >= 11 is 0. The average molecular weight is 342 g/mol. The van der Waals surface area contributed by atoms with Crippen LogP contribution in [-0.4, -0.2) is 36.1 Å². The van der Waals surface area contributed by atoms with E-state index in [0.717, 1.165) is 30.7 Å². The van der Waals surface area contributed by atoms with Crippen LogP contribution in [0.3, 0.4) is 0 Å². The lowest BCUT2D eigenvalue weighted by Gasteiger charge is -2.07. The molecule has 0 atom stereocenters. The van der Waals surface area contributed by atoms with E-state index in [1.165, 1.54) is 19.0 Å². The SMILES string of the molecule is CCCCCNc1cnc(C(=O)NCCc2ccc(OC)cc2)cn1. The van der Waals surface area contributed by atoms with Gasteiger partial charge in [-0.1, -0.05) is 31.9 Å². The van der Waals surface area contributed by atoms with Crippen molar-refractivity contribution in [2.75, 3.05) is 25.5 Å². The van der Waals surface area contributed by atoms with Crippen molar-refractivity contribution in [1.82, 2.24) is 15.3 Å². The van der Waals surface area contributed by atoms with Crippen LogP contribution in [0.25, 0.3) is 0 Å². The Kier molecular flexibility index (Phi) is 7.69. The molecule has 1 heterocycles. The maximum atomic E-state index is 12.1. The minimum Gasteiger partial charge on any atom is -0.497 e. The van der Waals surface area contributed by atoms with Gasteiger partial charge in [0.15, 0.2) is 0 Å². The summed E-state index contributed by atoms with van der Waals surface area (Å²) in [6.07, 6.45) is 7.33. The molecule has 2 rings (SSSR count).